The molecule has 0 radical (unpaired) electrons. The topological polar surface area (TPSA) is 46.2 Å². The molecule has 0 spiro atoms. The highest BCUT2D eigenvalue weighted by Gasteiger charge is 2.30. The monoisotopic (exact) mass is 365 g/mol. The van der Waals surface area contributed by atoms with E-state index in [1.807, 2.05) is 6.92 Å². The molecular weight excluding hydrogens is 351 g/mol. The van der Waals surface area contributed by atoms with Crippen LogP contribution < -0.4 is 4.72 Å². The van der Waals surface area contributed by atoms with Crippen LogP contribution >= 0.6 is 0 Å². The molecule has 3 nitrogen and oxygen atoms in total. The number of fused-ring (bicyclic) bond motifs is 1. The van der Waals surface area contributed by atoms with Crippen molar-refractivity contribution in [1.29, 1.82) is 0 Å². The van der Waals surface area contributed by atoms with Crippen LogP contribution in [0.5, 0.6) is 0 Å². The highest BCUT2D eigenvalue weighted by atomic mass is 32.2. The summed E-state index contributed by atoms with van der Waals surface area (Å²) in [7, 11) is -3.76. The van der Waals surface area contributed by atoms with Gasteiger partial charge in [0.25, 0.3) is 10.0 Å². The number of sulfonamides is 1. The molecule has 0 amide bonds. The van der Waals surface area contributed by atoms with E-state index >= 15 is 0 Å². The number of halogens is 3. The van der Waals surface area contributed by atoms with Gasteiger partial charge in [-0.3, -0.25) is 4.72 Å². The molecule has 0 saturated carbocycles. The number of hydrogen-bond acceptors (Lipinski definition) is 2. The van der Waals surface area contributed by atoms with Crippen molar-refractivity contribution < 1.29 is 21.6 Å². The maximum atomic E-state index is 12.7. The van der Waals surface area contributed by atoms with Crippen LogP contribution in [-0.2, 0) is 16.2 Å². The second-order valence-electron chi connectivity index (χ2n) is 5.69. The van der Waals surface area contributed by atoms with E-state index in [-0.39, 0.29) is 10.6 Å². The number of anilines is 1. The van der Waals surface area contributed by atoms with Gasteiger partial charge in [-0.15, -0.1) is 0 Å². The third-order valence-corrected chi connectivity index (χ3v) is 5.15. The van der Waals surface area contributed by atoms with Crippen molar-refractivity contribution in [3.8, 4) is 0 Å². The zero-order chi connectivity index (χ0) is 18.2. The standard InChI is InChI=1S/C18H14F3NO2S/c1-12-2-8-17(9-3-12)25(23,24)22-16-7-5-13-10-15(18(19,20)21)6-4-14(13)11-16/h2-11,22H,1H3. The molecule has 0 bridgehead atoms. The van der Waals surface area contributed by atoms with E-state index in [4.69, 9.17) is 0 Å². The Balaban J connectivity index is 1.93. The number of nitrogens with one attached hydrogen (secondary N) is 1. The molecule has 7 heteroatoms. The van der Waals surface area contributed by atoms with Crippen molar-refractivity contribution in [2.45, 2.75) is 18.0 Å². The fourth-order valence-electron chi connectivity index (χ4n) is 2.42. The van der Waals surface area contributed by atoms with Crippen LogP contribution in [0.2, 0.25) is 0 Å². The molecule has 1 N–H and O–H groups in total. The largest absolute Gasteiger partial charge is 0.416 e. The Hall–Kier alpha value is -2.54. The molecule has 0 aliphatic carbocycles. The van der Waals surface area contributed by atoms with Gasteiger partial charge in [0.1, 0.15) is 0 Å². The average Bonchev–Trinajstić information content (AvgIpc) is 2.53. The summed E-state index contributed by atoms with van der Waals surface area (Å²) in [6.07, 6.45) is -4.42. The molecule has 25 heavy (non-hydrogen) atoms. The molecule has 3 aromatic carbocycles. The molecule has 0 aliphatic rings. The lowest BCUT2D eigenvalue weighted by atomic mass is 10.1. The number of alkyl halides is 3. The first kappa shape index (κ1) is 17.3. The second-order valence-corrected chi connectivity index (χ2v) is 7.38. The molecule has 0 atom stereocenters. The van der Waals surface area contributed by atoms with E-state index in [2.05, 4.69) is 4.72 Å². The molecule has 0 fully saturated rings. The zero-order valence-corrected chi connectivity index (χ0v) is 13.9. The summed E-state index contributed by atoms with van der Waals surface area (Å²) < 4.78 is 65.4. The first-order valence-electron chi connectivity index (χ1n) is 7.36. The number of hydrogen-bond donors (Lipinski definition) is 1. The Labute approximate surface area is 143 Å². The second kappa shape index (κ2) is 6.07. The van der Waals surface area contributed by atoms with Gasteiger partial charge in [0.05, 0.1) is 10.5 Å². The Morgan fingerprint density at radius 1 is 0.840 bits per heavy atom. The summed E-state index contributed by atoms with van der Waals surface area (Å²) in [5.74, 6) is 0. The van der Waals surface area contributed by atoms with Crippen LogP contribution in [0.4, 0.5) is 18.9 Å². The van der Waals surface area contributed by atoms with Crippen molar-refractivity contribution in [2.75, 3.05) is 4.72 Å². The van der Waals surface area contributed by atoms with Gasteiger partial charge in [0.2, 0.25) is 0 Å². The summed E-state index contributed by atoms with van der Waals surface area (Å²) >= 11 is 0. The van der Waals surface area contributed by atoms with Crippen molar-refractivity contribution in [3.05, 3.63) is 71.8 Å². The third-order valence-electron chi connectivity index (χ3n) is 3.75. The van der Waals surface area contributed by atoms with Gasteiger partial charge in [0, 0.05) is 5.69 Å². The van der Waals surface area contributed by atoms with E-state index in [1.54, 1.807) is 12.1 Å². The molecule has 0 aromatic heterocycles. The third kappa shape index (κ3) is 3.76. The predicted octanol–water partition coefficient (Wildman–Crippen LogP) is 4.97. The maximum Gasteiger partial charge on any atom is 0.416 e. The van der Waals surface area contributed by atoms with Gasteiger partial charge in [-0.1, -0.05) is 29.8 Å². The number of benzene rings is 3. The van der Waals surface area contributed by atoms with Gasteiger partial charge in [0.15, 0.2) is 0 Å². The smallest absolute Gasteiger partial charge is 0.280 e. The molecular formula is C18H14F3NO2S. The van der Waals surface area contributed by atoms with E-state index in [9.17, 15) is 21.6 Å². The highest BCUT2D eigenvalue weighted by Crippen LogP contribution is 2.32. The predicted molar refractivity (Wildman–Crippen MR) is 90.9 cm³/mol. The first-order valence-corrected chi connectivity index (χ1v) is 8.84. The first-order chi connectivity index (χ1) is 11.6. The Bertz CT molecular complexity index is 1030. The van der Waals surface area contributed by atoms with Gasteiger partial charge < -0.3 is 0 Å². The minimum Gasteiger partial charge on any atom is -0.280 e. The molecule has 3 rings (SSSR count). The van der Waals surface area contributed by atoms with Crippen LogP contribution in [0, 0.1) is 6.92 Å². The summed E-state index contributed by atoms with van der Waals surface area (Å²) in [4.78, 5) is 0.116. The van der Waals surface area contributed by atoms with E-state index in [0.717, 1.165) is 17.7 Å². The fourth-order valence-corrected chi connectivity index (χ4v) is 3.47. The SMILES string of the molecule is Cc1ccc(S(=O)(=O)Nc2ccc3cc(C(F)(F)F)ccc3c2)cc1. The minimum atomic E-state index is -4.42. The molecule has 0 heterocycles. The summed E-state index contributed by atoms with van der Waals surface area (Å²) in [5.41, 5.74) is 0.478. The van der Waals surface area contributed by atoms with E-state index in [0.29, 0.717) is 10.8 Å². The van der Waals surface area contributed by atoms with Crippen molar-refractivity contribution >= 4 is 26.5 Å². The molecule has 3 aromatic rings. The Kier molecular flexibility index (Phi) is 4.20. The Morgan fingerprint density at radius 2 is 1.44 bits per heavy atom. The fraction of sp³-hybridized carbons (Fsp3) is 0.111. The van der Waals surface area contributed by atoms with Gasteiger partial charge in [-0.25, -0.2) is 8.42 Å². The molecule has 0 saturated heterocycles. The lowest BCUT2D eigenvalue weighted by molar-refractivity contribution is -0.137. The van der Waals surface area contributed by atoms with Crippen LogP contribution in [0.1, 0.15) is 11.1 Å². The quantitative estimate of drug-likeness (QED) is 0.712. The van der Waals surface area contributed by atoms with Gasteiger partial charge in [-0.05, 0) is 54.1 Å². The van der Waals surface area contributed by atoms with Crippen LogP contribution in [0.3, 0.4) is 0 Å². The average molecular weight is 365 g/mol. The van der Waals surface area contributed by atoms with Crippen molar-refractivity contribution in [1.82, 2.24) is 0 Å². The molecule has 0 unspecified atom stereocenters. The van der Waals surface area contributed by atoms with E-state index < -0.39 is 21.8 Å². The van der Waals surface area contributed by atoms with Crippen LogP contribution in [0.15, 0.2) is 65.6 Å². The molecule has 130 valence electrons. The summed E-state index contributed by atoms with van der Waals surface area (Å²) in [6.45, 7) is 1.85. The minimum absolute atomic E-state index is 0.116. The number of rotatable bonds is 3. The highest BCUT2D eigenvalue weighted by molar-refractivity contribution is 7.92. The van der Waals surface area contributed by atoms with E-state index in [1.165, 1.54) is 36.4 Å². The lowest BCUT2D eigenvalue weighted by Crippen LogP contribution is -2.12. The summed E-state index contributed by atoms with van der Waals surface area (Å²) in [6, 6.07) is 14.1. The number of aryl methyl sites for hydroxylation is 1. The normalized spacial score (nSPS) is 12.3. The van der Waals surface area contributed by atoms with Crippen LogP contribution in [0.25, 0.3) is 10.8 Å². The van der Waals surface area contributed by atoms with Gasteiger partial charge in [-0.2, -0.15) is 13.2 Å². The van der Waals surface area contributed by atoms with Gasteiger partial charge >= 0.3 is 6.18 Å². The lowest BCUT2D eigenvalue weighted by Gasteiger charge is -2.11. The van der Waals surface area contributed by atoms with Crippen LogP contribution in [-0.4, -0.2) is 8.42 Å². The van der Waals surface area contributed by atoms with Crippen molar-refractivity contribution in [3.63, 3.8) is 0 Å². The Morgan fingerprint density at radius 3 is 2.08 bits per heavy atom. The zero-order valence-electron chi connectivity index (χ0n) is 13.1. The van der Waals surface area contributed by atoms with Crippen molar-refractivity contribution in [2.24, 2.45) is 0 Å². The molecule has 0 aliphatic heterocycles. The summed E-state index contributed by atoms with van der Waals surface area (Å²) in [5, 5.41) is 0.894. The maximum absolute atomic E-state index is 12.7.